The van der Waals surface area contributed by atoms with Gasteiger partial charge in [-0.3, -0.25) is 9.69 Å². The van der Waals surface area contributed by atoms with E-state index < -0.39 is 0 Å². The number of nitrogens with zero attached hydrogens (tertiary/aromatic N) is 2. The van der Waals surface area contributed by atoms with Crippen LogP contribution < -0.4 is 10.2 Å². The molecule has 1 unspecified atom stereocenters. The van der Waals surface area contributed by atoms with Gasteiger partial charge in [0.1, 0.15) is 5.00 Å². The van der Waals surface area contributed by atoms with Crippen LogP contribution in [0.4, 0.5) is 10.7 Å². The van der Waals surface area contributed by atoms with Crippen molar-refractivity contribution >= 4 is 27.9 Å². The lowest BCUT2D eigenvalue weighted by atomic mass is 9.94. The summed E-state index contributed by atoms with van der Waals surface area (Å²) >= 11 is 1.64. The van der Waals surface area contributed by atoms with E-state index in [1.807, 2.05) is 0 Å². The number of anilines is 2. The number of piperazine rings is 1. The second kappa shape index (κ2) is 9.87. The molecule has 1 aliphatic rings. The molecule has 5 rings (SSSR count). The summed E-state index contributed by atoms with van der Waals surface area (Å²) in [4.78, 5) is 19.1. The molecule has 3 heterocycles. The highest BCUT2D eigenvalue weighted by Gasteiger charge is 2.31. The fraction of sp³-hybridized carbons (Fsp3) is 0.250. The molecule has 1 fully saturated rings. The van der Waals surface area contributed by atoms with Crippen LogP contribution in [0.5, 0.6) is 0 Å². The van der Waals surface area contributed by atoms with Gasteiger partial charge in [-0.1, -0.05) is 48.5 Å². The predicted octanol–water partition coefficient (Wildman–Crippen LogP) is 6.12. The zero-order valence-electron chi connectivity index (χ0n) is 19.5. The van der Waals surface area contributed by atoms with Gasteiger partial charge in [-0.15, -0.1) is 11.3 Å². The number of furan rings is 1. The van der Waals surface area contributed by atoms with Crippen LogP contribution in [0.2, 0.25) is 0 Å². The molecule has 4 aromatic rings. The van der Waals surface area contributed by atoms with Crippen molar-refractivity contribution in [1.82, 2.24) is 4.90 Å². The Hall–Kier alpha value is -3.35. The maximum Gasteiger partial charge on any atom is 0.291 e. The van der Waals surface area contributed by atoms with Crippen LogP contribution in [-0.4, -0.2) is 37.0 Å². The van der Waals surface area contributed by atoms with Gasteiger partial charge in [-0.2, -0.15) is 0 Å². The van der Waals surface area contributed by atoms with Crippen molar-refractivity contribution in [3.8, 4) is 0 Å². The van der Waals surface area contributed by atoms with Crippen molar-refractivity contribution < 1.29 is 9.21 Å². The number of para-hydroxylation sites is 1. The van der Waals surface area contributed by atoms with Gasteiger partial charge in [-0.05, 0) is 49.2 Å². The van der Waals surface area contributed by atoms with E-state index in [-0.39, 0.29) is 11.9 Å². The number of hydrogen-bond donors (Lipinski definition) is 1. The average Bonchev–Trinajstić information content (AvgIpc) is 3.51. The monoisotopic (exact) mass is 471 g/mol. The molecule has 5 nitrogen and oxygen atoms in total. The van der Waals surface area contributed by atoms with Crippen LogP contribution in [0.3, 0.4) is 0 Å². The van der Waals surface area contributed by atoms with E-state index in [0.717, 1.165) is 31.2 Å². The lowest BCUT2D eigenvalue weighted by molar-refractivity contribution is 0.0996. The number of amides is 1. The van der Waals surface area contributed by atoms with Gasteiger partial charge in [0, 0.05) is 42.3 Å². The maximum absolute atomic E-state index is 12.9. The van der Waals surface area contributed by atoms with Gasteiger partial charge < -0.3 is 14.6 Å². The van der Waals surface area contributed by atoms with E-state index in [1.165, 1.54) is 33.5 Å². The normalized spacial score (nSPS) is 15.3. The lowest BCUT2D eigenvalue weighted by Gasteiger charge is -2.41. The summed E-state index contributed by atoms with van der Waals surface area (Å²) in [5.41, 5.74) is 4.93. The molecule has 1 saturated heterocycles. The van der Waals surface area contributed by atoms with Crippen LogP contribution in [0.25, 0.3) is 0 Å². The first-order chi connectivity index (χ1) is 16.6. The molecule has 1 N–H and O–H groups in total. The number of carbonyl (C=O) groups excluding carboxylic acids is 1. The first-order valence-corrected chi connectivity index (χ1v) is 12.5. The Morgan fingerprint density at radius 3 is 2.24 bits per heavy atom. The number of nitrogens with one attached hydrogen (secondary N) is 1. The minimum atomic E-state index is -0.215. The molecule has 1 atom stereocenters. The number of aryl methyl sites for hydroxylation is 1. The van der Waals surface area contributed by atoms with Gasteiger partial charge in [-0.25, -0.2) is 0 Å². The highest BCUT2D eigenvalue weighted by atomic mass is 32.1. The van der Waals surface area contributed by atoms with E-state index in [0.29, 0.717) is 5.76 Å². The Morgan fingerprint density at radius 2 is 1.59 bits per heavy atom. The summed E-state index contributed by atoms with van der Waals surface area (Å²) in [6.07, 6.45) is 1.53. The van der Waals surface area contributed by atoms with E-state index in [1.54, 1.807) is 23.5 Å². The van der Waals surface area contributed by atoms with Crippen molar-refractivity contribution in [2.75, 3.05) is 36.4 Å². The zero-order valence-corrected chi connectivity index (χ0v) is 20.3. The molecule has 34 heavy (non-hydrogen) atoms. The second-order valence-corrected chi connectivity index (χ2v) is 9.85. The summed E-state index contributed by atoms with van der Waals surface area (Å²) in [6.45, 7) is 8.09. The first kappa shape index (κ1) is 22.4. The SMILES string of the molecule is Cc1sc(NC(=O)c2ccco2)c(C(c2ccccc2)N2CCN(c3ccccc3)CC2)c1C. The minimum absolute atomic E-state index is 0.0657. The molecular weight excluding hydrogens is 442 g/mol. The van der Waals surface area contributed by atoms with Crippen LogP contribution in [0.15, 0.2) is 83.5 Å². The standard InChI is InChI=1S/C28H29N3O2S/c1-20-21(2)34-28(29-27(32)24-14-9-19-33-24)25(20)26(22-10-5-3-6-11-22)31-17-15-30(16-18-31)23-12-7-4-8-13-23/h3-14,19,26H,15-18H2,1-2H3,(H,29,32). The number of thiophene rings is 1. The Kier molecular flexibility index (Phi) is 6.52. The molecule has 0 bridgehead atoms. The van der Waals surface area contributed by atoms with Crippen LogP contribution in [0, 0.1) is 13.8 Å². The molecule has 1 aliphatic heterocycles. The molecule has 0 spiro atoms. The van der Waals surface area contributed by atoms with Crippen LogP contribution in [0.1, 0.15) is 38.2 Å². The van der Waals surface area contributed by atoms with Gasteiger partial charge in [0.2, 0.25) is 0 Å². The quantitative estimate of drug-likeness (QED) is 0.368. The molecule has 2 aromatic heterocycles. The van der Waals surface area contributed by atoms with E-state index in [9.17, 15) is 4.79 Å². The number of benzene rings is 2. The van der Waals surface area contributed by atoms with Crippen molar-refractivity contribution in [2.45, 2.75) is 19.9 Å². The molecule has 6 heteroatoms. The largest absolute Gasteiger partial charge is 0.459 e. The average molecular weight is 472 g/mol. The maximum atomic E-state index is 12.9. The van der Waals surface area contributed by atoms with Crippen molar-refractivity contribution in [1.29, 1.82) is 0 Å². The zero-order chi connectivity index (χ0) is 23.5. The van der Waals surface area contributed by atoms with Gasteiger partial charge in [0.15, 0.2) is 5.76 Å². The van der Waals surface area contributed by atoms with Crippen LogP contribution in [-0.2, 0) is 0 Å². The minimum Gasteiger partial charge on any atom is -0.459 e. The third-order valence-electron chi connectivity index (χ3n) is 6.59. The summed E-state index contributed by atoms with van der Waals surface area (Å²) in [5, 5.41) is 4.05. The Balaban J connectivity index is 1.47. The molecule has 0 aliphatic carbocycles. The predicted molar refractivity (Wildman–Crippen MR) is 139 cm³/mol. The van der Waals surface area contributed by atoms with Crippen LogP contribution >= 0.6 is 11.3 Å². The van der Waals surface area contributed by atoms with Gasteiger partial charge in [0.25, 0.3) is 5.91 Å². The van der Waals surface area contributed by atoms with E-state index >= 15 is 0 Å². The third kappa shape index (κ3) is 4.52. The lowest BCUT2D eigenvalue weighted by Crippen LogP contribution is -2.48. The fourth-order valence-corrected chi connectivity index (χ4v) is 5.80. The first-order valence-electron chi connectivity index (χ1n) is 11.7. The van der Waals surface area contributed by atoms with Gasteiger partial charge >= 0.3 is 0 Å². The van der Waals surface area contributed by atoms with Crippen molar-refractivity contribution in [3.05, 3.63) is 106 Å². The van der Waals surface area contributed by atoms with Crippen molar-refractivity contribution in [3.63, 3.8) is 0 Å². The summed E-state index contributed by atoms with van der Waals surface area (Å²) in [6, 6.07) is 24.7. The summed E-state index contributed by atoms with van der Waals surface area (Å²) in [5.74, 6) is 0.107. The van der Waals surface area contributed by atoms with Crippen molar-refractivity contribution in [2.24, 2.45) is 0 Å². The van der Waals surface area contributed by atoms with E-state index in [2.05, 4.69) is 89.6 Å². The molecule has 1 amide bonds. The number of rotatable bonds is 6. The Bertz CT molecular complexity index is 1230. The molecule has 2 aromatic carbocycles. The summed E-state index contributed by atoms with van der Waals surface area (Å²) < 4.78 is 5.34. The number of hydrogen-bond acceptors (Lipinski definition) is 5. The fourth-order valence-electron chi connectivity index (χ4n) is 4.71. The third-order valence-corrected chi connectivity index (χ3v) is 7.73. The smallest absolute Gasteiger partial charge is 0.291 e. The van der Waals surface area contributed by atoms with Gasteiger partial charge in [0.05, 0.1) is 12.3 Å². The Morgan fingerprint density at radius 1 is 0.912 bits per heavy atom. The Labute approximate surface area is 204 Å². The number of carbonyl (C=O) groups is 1. The summed E-state index contributed by atoms with van der Waals surface area (Å²) in [7, 11) is 0. The molecule has 174 valence electrons. The molecule has 0 saturated carbocycles. The molecule has 0 radical (unpaired) electrons. The second-order valence-electron chi connectivity index (χ2n) is 8.63. The topological polar surface area (TPSA) is 48.7 Å². The van der Waals surface area contributed by atoms with E-state index in [4.69, 9.17) is 4.42 Å². The highest BCUT2D eigenvalue weighted by Crippen LogP contribution is 2.42. The highest BCUT2D eigenvalue weighted by molar-refractivity contribution is 7.16. The molecular formula is C28H29N3O2S.